The number of hydrogen-bond donors (Lipinski definition) is 0. The molecule has 0 fully saturated rings. The molecule has 0 bridgehead atoms. The van der Waals surface area contributed by atoms with Crippen LogP contribution >= 0.6 is 11.6 Å². The van der Waals surface area contributed by atoms with Crippen molar-refractivity contribution in [2.75, 3.05) is 0 Å². The van der Waals surface area contributed by atoms with Crippen molar-refractivity contribution in [3.8, 4) is 40.1 Å². The van der Waals surface area contributed by atoms with E-state index in [4.69, 9.17) is 21.3 Å². The Morgan fingerprint density at radius 3 is 2.10 bits per heavy atom. The van der Waals surface area contributed by atoms with E-state index in [-0.39, 0.29) is 0 Å². The molecule has 0 N–H and O–H groups in total. The molecule has 29 heavy (non-hydrogen) atoms. The molecule has 0 unspecified atom stereocenters. The molecule has 0 aliphatic heterocycles. The van der Waals surface area contributed by atoms with Crippen LogP contribution in [0.5, 0.6) is 11.5 Å². The summed E-state index contributed by atoms with van der Waals surface area (Å²) in [5.41, 5.74) is 4.57. The number of aromatic nitrogens is 1. The SMILES string of the molecule is Cc1ccc(-c2cc(Cl)c(C#N)c(-c3ccc(Oc4ccccc4)cc3)n2)cc1. The predicted octanol–water partition coefficient (Wildman–Crippen LogP) is 7.04. The highest BCUT2D eigenvalue weighted by Gasteiger charge is 2.14. The second kappa shape index (κ2) is 8.18. The van der Waals surface area contributed by atoms with E-state index in [2.05, 4.69) is 6.07 Å². The first kappa shape index (κ1) is 18.7. The fourth-order valence-corrected chi connectivity index (χ4v) is 3.24. The number of para-hydroxylation sites is 1. The van der Waals surface area contributed by atoms with Crippen molar-refractivity contribution in [1.82, 2.24) is 4.98 Å². The Balaban J connectivity index is 1.71. The Morgan fingerprint density at radius 1 is 0.828 bits per heavy atom. The van der Waals surface area contributed by atoms with Gasteiger partial charge in [-0.25, -0.2) is 4.98 Å². The molecule has 0 amide bonds. The number of halogens is 1. The van der Waals surface area contributed by atoms with Gasteiger partial charge in [0.2, 0.25) is 0 Å². The highest BCUT2D eigenvalue weighted by Crippen LogP contribution is 2.33. The van der Waals surface area contributed by atoms with Crippen LogP contribution in [0.2, 0.25) is 5.02 Å². The number of benzene rings is 3. The molecule has 0 saturated carbocycles. The number of rotatable bonds is 4. The zero-order valence-electron chi connectivity index (χ0n) is 15.8. The average Bonchev–Trinajstić information content (AvgIpc) is 2.75. The van der Waals surface area contributed by atoms with Crippen LogP contribution in [0.15, 0.2) is 84.9 Å². The molecule has 0 atom stereocenters. The molecule has 4 heteroatoms. The van der Waals surface area contributed by atoms with E-state index in [1.54, 1.807) is 6.07 Å². The maximum absolute atomic E-state index is 9.61. The Labute approximate surface area is 174 Å². The van der Waals surface area contributed by atoms with Crippen molar-refractivity contribution in [2.45, 2.75) is 6.92 Å². The number of pyridine rings is 1. The summed E-state index contributed by atoms with van der Waals surface area (Å²) in [5.74, 6) is 1.47. The lowest BCUT2D eigenvalue weighted by molar-refractivity contribution is 0.483. The zero-order chi connectivity index (χ0) is 20.2. The fraction of sp³-hybridized carbons (Fsp3) is 0.0400. The first-order valence-corrected chi connectivity index (χ1v) is 9.53. The van der Waals surface area contributed by atoms with Gasteiger partial charge in [-0.05, 0) is 49.4 Å². The number of aryl methyl sites for hydroxylation is 1. The average molecular weight is 397 g/mol. The van der Waals surface area contributed by atoms with Gasteiger partial charge in [-0.3, -0.25) is 0 Å². The molecule has 0 aliphatic rings. The molecule has 0 saturated heterocycles. The largest absolute Gasteiger partial charge is 0.457 e. The Hall–Kier alpha value is -3.61. The Bertz CT molecular complexity index is 1180. The van der Waals surface area contributed by atoms with E-state index in [1.165, 1.54) is 5.56 Å². The zero-order valence-corrected chi connectivity index (χ0v) is 16.5. The fourth-order valence-electron chi connectivity index (χ4n) is 3.01. The lowest BCUT2D eigenvalue weighted by Crippen LogP contribution is -1.94. The molecule has 3 aromatic carbocycles. The van der Waals surface area contributed by atoms with Gasteiger partial charge in [-0.2, -0.15) is 5.26 Å². The summed E-state index contributed by atoms with van der Waals surface area (Å²) in [6.45, 7) is 2.04. The second-order valence-electron chi connectivity index (χ2n) is 6.63. The van der Waals surface area contributed by atoms with Crippen LogP contribution in [0.4, 0.5) is 0 Å². The first-order chi connectivity index (χ1) is 14.1. The van der Waals surface area contributed by atoms with E-state index in [1.807, 2.05) is 85.8 Å². The van der Waals surface area contributed by atoms with Gasteiger partial charge in [0, 0.05) is 11.1 Å². The van der Waals surface area contributed by atoms with Crippen molar-refractivity contribution in [1.29, 1.82) is 5.26 Å². The third-order valence-corrected chi connectivity index (χ3v) is 4.84. The standard InChI is InChI=1S/C25H17ClN2O/c1-17-7-9-18(10-8-17)24-15-23(26)22(16-27)25(28-24)19-11-13-21(14-12-19)29-20-5-3-2-4-6-20/h2-15H,1H3. The van der Waals surface area contributed by atoms with Crippen molar-refractivity contribution in [3.05, 3.63) is 101 Å². The minimum atomic E-state index is 0.360. The third-order valence-electron chi connectivity index (χ3n) is 4.54. The molecular formula is C25H17ClN2O. The Morgan fingerprint density at radius 2 is 1.45 bits per heavy atom. The monoisotopic (exact) mass is 396 g/mol. The molecule has 3 nitrogen and oxygen atoms in total. The van der Waals surface area contributed by atoms with Crippen LogP contribution in [0, 0.1) is 18.3 Å². The number of ether oxygens (including phenoxy) is 1. The molecule has 1 heterocycles. The predicted molar refractivity (Wildman–Crippen MR) is 116 cm³/mol. The number of nitrogens with zero attached hydrogens (tertiary/aromatic N) is 2. The van der Waals surface area contributed by atoms with E-state index in [9.17, 15) is 5.26 Å². The third kappa shape index (κ3) is 4.13. The second-order valence-corrected chi connectivity index (χ2v) is 7.04. The minimum Gasteiger partial charge on any atom is -0.457 e. The summed E-state index contributed by atoms with van der Waals surface area (Å²) in [4.78, 5) is 4.74. The summed E-state index contributed by atoms with van der Waals surface area (Å²) in [7, 11) is 0. The first-order valence-electron chi connectivity index (χ1n) is 9.15. The molecule has 0 aliphatic carbocycles. The van der Waals surface area contributed by atoms with Gasteiger partial charge in [0.25, 0.3) is 0 Å². The quantitative estimate of drug-likeness (QED) is 0.371. The number of hydrogen-bond acceptors (Lipinski definition) is 3. The normalized spacial score (nSPS) is 10.4. The van der Waals surface area contributed by atoms with E-state index in [0.717, 1.165) is 22.6 Å². The summed E-state index contributed by atoms with van der Waals surface area (Å²) >= 11 is 6.42. The molecule has 0 spiro atoms. The lowest BCUT2D eigenvalue weighted by Gasteiger charge is -2.11. The van der Waals surface area contributed by atoms with Crippen LogP contribution in [0.25, 0.3) is 22.5 Å². The summed E-state index contributed by atoms with van der Waals surface area (Å²) in [6.07, 6.45) is 0. The highest BCUT2D eigenvalue weighted by atomic mass is 35.5. The maximum atomic E-state index is 9.61. The Kier molecular flexibility index (Phi) is 5.29. The molecule has 140 valence electrons. The van der Waals surface area contributed by atoms with Crippen LogP contribution in [-0.2, 0) is 0 Å². The van der Waals surface area contributed by atoms with Crippen molar-refractivity contribution in [3.63, 3.8) is 0 Å². The van der Waals surface area contributed by atoms with Crippen molar-refractivity contribution < 1.29 is 4.74 Å². The molecule has 1 aromatic heterocycles. The van der Waals surface area contributed by atoms with Crippen LogP contribution in [0.3, 0.4) is 0 Å². The minimum absolute atomic E-state index is 0.360. The summed E-state index contributed by atoms with van der Waals surface area (Å²) < 4.78 is 5.84. The van der Waals surface area contributed by atoms with Crippen LogP contribution in [0.1, 0.15) is 11.1 Å². The lowest BCUT2D eigenvalue weighted by atomic mass is 10.0. The van der Waals surface area contributed by atoms with Gasteiger partial charge in [0.1, 0.15) is 17.6 Å². The van der Waals surface area contributed by atoms with Gasteiger partial charge in [0.15, 0.2) is 0 Å². The van der Waals surface area contributed by atoms with Crippen molar-refractivity contribution in [2.24, 2.45) is 0 Å². The summed E-state index contributed by atoms with van der Waals surface area (Å²) in [6, 6.07) is 29.0. The van der Waals surface area contributed by atoms with Gasteiger partial charge < -0.3 is 4.74 Å². The van der Waals surface area contributed by atoms with Gasteiger partial charge in [-0.15, -0.1) is 0 Å². The summed E-state index contributed by atoms with van der Waals surface area (Å²) in [5, 5.41) is 10.00. The van der Waals surface area contributed by atoms with E-state index >= 15 is 0 Å². The van der Waals surface area contributed by atoms with Gasteiger partial charge >= 0.3 is 0 Å². The molecular weight excluding hydrogens is 380 g/mol. The highest BCUT2D eigenvalue weighted by molar-refractivity contribution is 6.32. The molecule has 0 radical (unpaired) electrons. The van der Waals surface area contributed by atoms with E-state index in [0.29, 0.717) is 22.0 Å². The number of nitriles is 1. The molecule has 4 aromatic rings. The van der Waals surface area contributed by atoms with E-state index < -0.39 is 0 Å². The maximum Gasteiger partial charge on any atom is 0.127 e. The topological polar surface area (TPSA) is 45.9 Å². The smallest absolute Gasteiger partial charge is 0.127 e. The van der Waals surface area contributed by atoms with Gasteiger partial charge in [0.05, 0.1) is 22.0 Å². The van der Waals surface area contributed by atoms with Crippen LogP contribution < -0.4 is 4.74 Å². The van der Waals surface area contributed by atoms with Crippen molar-refractivity contribution >= 4 is 11.6 Å². The van der Waals surface area contributed by atoms with Gasteiger partial charge in [-0.1, -0.05) is 59.6 Å². The molecule has 4 rings (SSSR count). The van der Waals surface area contributed by atoms with Crippen LogP contribution in [-0.4, -0.2) is 4.98 Å².